The Morgan fingerprint density at radius 2 is 2.40 bits per heavy atom. The monoisotopic (exact) mass is 204 g/mol. The van der Waals surface area contributed by atoms with Gasteiger partial charge in [-0.05, 0) is 44.9 Å². The third-order valence-corrected chi connectivity index (χ3v) is 2.63. The van der Waals surface area contributed by atoms with E-state index < -0.39 is 0 Å². The molecule has 1 heterocycles. The number of allylic oxidation sites excluding steroid dienone is 1. The smallest absolute Gasteiger partial charge is 0.0602 e. The lowest BCUT2D eigenvalue weighted by Crippen LogP contribution is -2.18. The maximum Gasteiger partial charge on any atom is 0.0602 e. The molecule has 2 heteroatoms. The summed E-state index contributed by atoms with van der Waals surface area (Å²) in [6.07, 6.45) is 7.17. The molecule has 0 aliphatic carbocycles. The average molecular weight is 204 g/mol. The van der Waals surface area contributed by atoms with Gasteiger partial charge in [0.15, 0.2) is 0 Å². The molecule has 0 aromatic carbocycles. The third-order valence-electron chi connectivity index (χ3n) is 2.63. The van der Waals surface area contributed by atoms with Crippen molar-refractivity contribution in [2.24, 2.45) is 0 Å². The zero-order valence-electron chi connectivity index (χ0n) is 9.66. The van der Waals surface area contributed by atoms with Crippen LogP contribution in [-0.2, 0) is 0 Å². The molecule has 0 fully saturated rings. The van der Waals surface area contributed by atoms with Crippen LogP contribution in [0.25, 0.3) is 0 Å². The molecule has 1 rings (SSSR count). The van der Waals surface area contributed by atoms with Gasteiger partial charge >= 0.3 is 0 Å². The van der Waals surface area contributed by atoms with Gasteiger partial charge < -0.3 is 5.32 Å². The van der Waals surface area contributed by atoms with Crippen LogP contribution in [0.4, 0.5) is 0 Å². The van der Waals surface area contributed by atoms with Gasteiger partial charge in [0.05, 0.1) is 5.69 Å². The van der Waals surface area contributed by atoms with Gasteiger partial charge in [-0.25, -0.2) is 0 Å². The molecule has 1 N–H and O–H groups in total. The maximum atomic E-state index is 4.44. The fourth-order valence-electron chi connectivity index (χ4n) is 1.75. The molecule has 15 heavy (non-hydrogen) atoms. The Morgan fingerprint density at radius 3 is 3.00 bits per heavy atom. The zero-order chi connectivity index (χ0) is 11.1. The second-order valence-electron chi connectivity index (χ2n) is 3.77. The topological polar surface area (TPSA) is 24.9 Å². The van der Waals surface area contributed by atoms with Gasteiger partial charge in [-0.15, -0.1) is 6.58 Å². The molecule has 0 aliphatic rings. The SMILES string of the molecule is C=CCCCC(NC)c1ncccc1C. The zero-order valence-corrected chi connectivity index (χ0v) is 9.66. The molecule has 1 aromatic heterocycles. The van der Waals surface area contributed by atoms with Crippen molar-refractivity contribution < 1.29 is 0 Å². The largest absolute Gasteiger partial charge is 0.312 e. The van der Waals surface area contributed by atoms with Gasteiger partial charge in [0.25, 0.3) is 0 Å². The van der Waals surface area contributed by atoms with E-state index in [1.807, 2.05) is 25.4 Å². The summed E-state index contributed by atoms with van der Waals surface area (Å²) in [4.78, 5) is 4.44. The van der Waals surface area contributed by atoms with Gasteiger partial charge in [0.1, 0.15) is 0 Å². The Bertz CT molecular complexity index is 307. The van der Waals surface area contributed by atoms with E-state index in [-0.39, 0.29) is 0 Å². The quantitative estimate of drug-likeness (QED) is 0.569. The van der Waals surface area contributed by atoms with E-state index in [0.717, 1.165) is 19.3 Å². The first-order valence-corrected chi connectivity index (χ1v) is 5.49. The normalized spacial score (nSPS) is 12.4. The van der Waals surface area contributed by atoms with Crippen LogP contribution in [0.15, 0.2) is 31.0 Å². The molecule has 0 saturated heterocycles. The van der Waals surface area contributed by atoms with E-state index in [0.29, 0.717) is 6.04 Å². The predicted octanol–water partition coefficient (Wildman–Crippen LogP) is 3.01. The highest BCUT2D eigenvalue weighted by Crippen LogP contribution is 2.19. The fraction of sp³-hybridized carbons (Fsp3) is 0.462. The highest BCUT2D eigenvalue weighted by Gasteiger charge is 2.11. The van der Waals surface area contributed by atoms with Crippen molar-refractivity contribution in [1.82, 2.24) is 10.3 Å². The molecular weight excluding hydrogens is 184 g/mol. The van der Waals surface area contributed by atoms with Crippen molar-refractivity contribution in [3.8, 4) is 0 Å². The van der Waals surface area contributed by atoms with E-state index in [1.54, 1.807) is 0 Å². The summed E-state index contributed by atoms with van der Waals surface area (Å²) < 4.78 is 0. The van der Waals surface area contributed by atoms with Crippen LogP contribution in [0.3, 0.4) is 0 Å². The van der Waals surface area contributed by atoms with Crippen molar-refractivity contribution in [3.63, 3.8) is 0 Å². The molecule has 1 atom stereocenters. The molecule has 0 radical (unpaired) electrons. The molecule has 2 nitrogen and oxygen atoms in total. The first-order valence-electron chi connectivity index (χ1n) is 5.49. The van der Waals surface area contributed by atoms with Crippen molar-refractivity contribution in [2.75, 3.05) is 7.05 Å². The maximum absolute atomic E-state index is 4.44. The molecule has 0 bridgehead atoms. The van der Waals surface area contributed by atoms with E-state index in [9.17, 15) is 0 Å². The Kier molecular flexibility index (Phi) is 5.05. The standard InChI is InChI=1S/C13H20N2/c1-4-5-6-9-12(14-3)13-11(2)8-7-10-15-13/h4,7-8,10,12,14H,1,5-6,9H2,2-3H3. The first-order chi connectivity index (χ1) is 7.29. The van der Waals surface area contributed by atoms with E-state index in [2.05, 4.69) is 29.9 Å². The number of aryl methyl sites for hydroxylation is 1. The van der Waals surface area contributed by atoms with Crippen LogP contribution in [0, 0.1) is 6.92 Å². The minimum absolute atomic E-state index is 0.367. The van der Waals surface area contributed by atoms with Crippen molar-refractivity contribution in [1.29, 1.82) is 0 Å². The molecule has 1 aromatic rings. The van der Waals surface area contributed by atoms with Gasteiger partial charge in [-0.3, -0.25) is 4.98 Å². The second kappa shape index (κ2) is 6.36. The molecule has 0 saturated carbocycles. The number of nitrogens with one attached hydrogen (secondary N) is 1. The molecule has 82 valence electrons. The number of nitrogens with zero attached hydrogens (tertiary/aromatic N) is 1. The summed E-state index contributed by atoms with van der Waals surface area (Å²) in [5.74, 6) is 0. The number of hydrogen-bond acceptors (Lipinski definition) is 2. The second-order valence-corrected chi connectivity index (χ2v) is 3.77. The molecule has 1 unspecified atom stereocenters. The Morgan fingerprint density at radius 1 is 1.60 bits per heavy atom. The molecule has 0 spiro atoms. The lowest BCUT2D eigenvalue weighted by Gasteiger charge is -2.17. The van der Waals surface area contributed by atoms with Gasteiger partial charge in [-0.1, -0.05) is 12.1 Å². The van der Waals surface area contributed by atoms with Crippen LogP contribution in [-0.4, -0.2) is 12.0 Å². The van der Waals surface area contributed by atoms with Gasteiger partial charge in [0.2, 0.25) is 0 Å². The predicted molar refractivity (Wildman–Crippen MR) is 64.8 cm³/mol. The highest BCUT2D eigenvalue weighted by molar-refractivity contribution is 5.20. The van der Waals surface area contributed by atoms with Crippen LogP contribution in [0.2, 0.25) is 0 Å². The lowest BCUT2D eigenvalue weighted by molar-refractivity contribution is 0.515. The highest BCUT2D eigenvalue weighted by atomic mass is 14.9. The van der Waals surface area contributed by atoms with Crippen LogP contribution in [0.5, 0.6) is 0 Å². The van der Waals surface area contributed by atoms with Gasteiger partial charge in [0, 0.05) is 12.2 Å². The summed E-state index contributed by atoms with van der Waals surface area (Å²) in [6, 6.07) is 4.46. The Labute approximate surface area is 92.4 Å². The third kappa shape index (κ3) is 3.48. The minimum atomic E-state index is 0.367. The molecule has 0 amide bonds. The number of aromatic nitrogens is 1. The van der Waals surface area contributed by atoms with Crippen molar-refractivity contribution in [3.05, 3.63) is 42.2 Å². The van der Waals surface area contributed by atoms with Crippen molar-refractivity contribution >= 4 is 0 Å². The molecule has 0 aliphatic heterocycles. The minimum Gasteiger partial charge on any atom is -0.312 e. The Balaban J connectivity index is 2.65. The van der Waals surface area contributed by atoms with Gasteiger partial charge in [-0.2, -0.15) is 0 Å². The molecular formula is C13H20N2. The van der Waals surface area contributed by atoms with Crippen molar-refractivity contribution in [2.45, 2.75) is 32.2 Å². The lowest BCUT2D eigenvalue weighted by atomic mass is 10.0. The summed E-state index contributed by atoms with van der Waals surface area (Å²) >= 11 is 0. The summed E-state index contributed by atoms with van der Waals surface area (Å²) in [5, 5.41) is 3.32. The Hall–Kier alpha value is -1.15. The van der Waals surface area contributed by atoms with Crippen LogP contribution >= 0.6 is 0 Å². The summed E-state index contributed by atoms with van der Waals surface area (Å²) in [7, 11) is 1.99. The number of rotatable bonds is 6. The number of hydrogen-bond donors (Lipinski definition) is 1. The van der Waals surface area contributed by atoms with Crippen LogP contribution in [0.1, 0.15) is 36.6 Å². The fourth-order valence-corrected chi connectivity index (χ4v) is 1.75. The summed E-state index contributed by atoms with van der Waals surface area (Å²) in [5.41, 5.74) is 2.43. The average Bonchev–Trinajstić information content (AvgIpc) is 2.26. The number of unbranched alkanes of at least 4 members (excludes halogenated alkanes) is 1. The van der Waals surface area contributed by atoms with E-state index in [4.69, 9.17) is 0 Å². The van der Waals surface area contributed by atoms with E-state index in [1.165, 1.54) is 11.3 Å². The summed E-state index contributed by atoms with van der Waals surface area (Å²) in [6.45, 7) is 5.85. The first kappa shape index (κ1) is 11.9. The van der Waals surface area contributed by atoms with Crippen LogP contribution < -0.4 is 5.32 Å². The number of pyridine rings is 1. The van der Waals surface area contributed by atoms with E-state index >= 15 is 0 Å².